The lowest BCUT2D eigenvalue weighted by molar-refractivity contribution is 0.0944. The molecule has 6 heteroatoms. The van der Waals surface area contributed by atoms with Gasteiger partial charge in [0.25, 0.3) is 5.91 Å². The molecule has 0 aliphatic heterocycles. The lowest BCUT2D eigenvalue weighted by Crippen LogP contribution is -2.27. The Labute approximate surface area is 164 Å². The van der Waals surface area contributed by atoms with Crippen LogP contribution in [0.2, 0.25) is 0 Å². The van der Waals surface area contributed by atoms with Crippen LogP contribution in [0.3, 0.4) is 0 Å². The van der Waals surface area contributed by atoms with Gasteiger partial charge in [0.05, 0.1) is 18.5 Å². The molecule has 0 atom stereocenters. The molecule has 0 unspecified atom stereocenters. The van der Waals surface area contributed by atoms with Crippen LogP contribution in [-0.2, 0) is 0 Å². The van der Waals surface area contributed by atoms with Gasteiger partial charge in [-0.05, 0) is 66.9 Å². The van der Waals surface area contributed by atoms with Gasteiger partial charge in [-0.15, -0.1) is 0 Å². The molecule has 3 rings (SSSR count). The summed E-state index contributed by atoms with van der Waals surface area (Å²) in [6, 6.07) is 15.1. The van der Waals surface area contributed by atoms with Crippen molar-refractivity contribution in [2.24, 2.45) is 5.92 Å². The Kier molecular flexibility index (Phi) is 6.09. The summed E-state index contributed by atoms with van der Waals surface area (Å²) in [7, 11) is 1.61. The maximum atomic E-state index is 13.3. The fourth-order valence-corrected chi connectivity index (χ4v) is 2.79. The van der Waals surface area contributed by atoms with Crippen LogP contribution in [0.5, 0.6) is 5.75 Å². The molecule has 0 aliphatic rings. The van der Waals surface area contributed by atoms with E-state index in [9.17, 15) is 9.18 Å². The van der Waals surface area contributed by atoms with Crippen LogP contribution >= 0.6 is 0 Å². The summed E-state index contributed by atoms with van der Waals surface area (Å²) in [5, 5.41) is 7.53. The minimum Gasteiger partial charge on any atom is -0.497 e. The number of hydrogen-bond donors (Lipinski definition) is 1. The van der Waals surface area contributed by atoms with E-state index in [0.717, 1.165) is 17.7 Å². The van der Waals surface area contributed by atoms with Crippen LogP contribution < -0.4 is 10.1 Å². The normalized spacial score (nSPS) is 10.9. The quantitative estimate of drug-likeness (QED) is 0.657. The van der Waals surface area contributed by atoms with E-state index >= 15 is 0 Å². The second-order valence-corrected chi connectivity index (χ2v) is 6.97. The molecular weight excluding hydrogens is 357 g/mol. The van der Waals surface area contributed by atoms with Gasteiger partial charge in [-0.3, -0.25) is 4.79 Å². The van der Waals surface area contributed by atoms with E-state index in [0.29, 0.717) is 29.5 Å². The van der Waals surface area contributed by atoms with Gasteiger partial charge in [0, 0.05) is 12.1 Å². The van der Waals surface area contributed by atoms with Gasteiger partial charge in [-0.1, -0.05) is 13.8 Å². The molecule has 0 fully saturated rings. The first-order chi connectivity index (χ1) is 13.5. The van der Waals surface area contributed by atoms with Crippen LogP contribution in [0.15, 0.2) is 54.6 Å². The van der Waals surface area contributed by atoms with Crippen molar-refractivity contribution in [3.63, 3.8) is 0 Å². The lowest BCUT2D eigenvalue weighted by atomic mass is 10.1. The highest BCUT2D eigenvalue weighted by molar-refractivity contribution is 5.94. The highest BCUT2D eigenvalue weighted by atomic mass is 19.1. The summed E-state index contributed by atoms with van der Waals surface area (Å²) in [4.78, 5) is 12.8. The number of amides is 1. The van der Waals surface area contributed by atoms with E-state index in [1.54, 1.807) is 30.0 Å². The maximum absolute atomic E-state index is 13.3. The number of aromatic nitrogens is 2. The zero-order valence-corrected chi connectivity index (χ0v) is 16.3. The Morgan fingerprint density at radius 1 is 1.14 bits per heavy atom. The van der Waals surface area contributed by atoms with Gasteiger partial charge in [0.2, 0.25) is 0 Å². The predicted octanol–water partition coefficient (Wildman–Crippen LogP) is 4.46. The summed E-state index contributed by atoms with van der Waals surface area (Å²) in [6.07, 6.45) is 0.891. The number of carbonyl (C=O) groups excluding carboxylic acids is 1. The van der Waals surface area contributed by atoms with Crippen molar-refractivity contribution in [2.75, 3.05) is 13.7 Å². The monoisotopic (exact) mass is 381 g/mol. The van der Waals surface area contributed by atoms with E-state index < -0.39 is 0 Å². The summed E-state index contributed by atoms with van der Waals surface area (Å²) < 4.78 is 20.1. The molecule has 1 amide bonds. The summed E-state index contributed by atoms with van der Waals surface area (Å²) in [5.41, 5.74) is 2.54. The number of nitrogens with zero attached hydrogens (tertiary/aromatic N) is 2. The first-order valence-corrected chi connectivity index (χ1v) is 9.26. The van der Waals surface area contributed by atoms with Gasteiger partial charge in [-0.2, -0.15) is 5.10 Å². The molecule has 0 aliphatic carbocycles. The Balaban J connectivity index is 1.96. The number of methoxy groups -OCH3 is 1. The highest BCUT2D eigenvalue weighted by Gasteiger charge is 2.17. The van der Waals surface area contributed by atoms with Crippen molar-refractivity contribution < 1.29 is 13.9 Å². The first kappa shape index (κ1) is 19.6. The highest BCUT2D eigenvalue weighted by Crippen LogP contribution is 2.24. The maximum Gasteiger partial charge on any atom is 0.270 e. The van der Waals surface area contributed by atoms with Crippen molar-refractivity contribution >= 4 is 5.91 Å². The van der Waals surface area contributed by atoms with Gasteiger partial charge in [0.15, 0.2) is 0 Å². The standard InChI is InChI=1S/C22H24FN3O2/c1-15(2)12-13-24-22(27)21-14-20(16-4-10-19(28-3)11-5-16)25-26(21)18-8-6-17(23)7-9-18/h4-11,14-15H,12-13H2,1-3H3,(H,24,27). The van der Waals surface area contributed by atoms with Crippen molar-refractivity contribution in [2.45, 2.75) is 20.3 Å². The third-order valence-electron chi connectivity index (χ3n) is 4.41. The Morgan fingerprint density at radius 3 is 2.43 bits per heavy atom. The molecule has 1 aromatic heterocycles. The van der Waals surface area contributed by atoms with Gasteiger partial charge in [0.1, 0.15) is 17.3 Å². The molecule has 5 nitrogen and oxygen atoms in total. The molecule has 0 radical (unpaired) electrons. The van der Waals surface area contributed by atoms with Crippen LogP contribution in [0, 0.1) is 11.7 Å². The molecule has 146 valence electrons. The van der Waals surface area contributed by atoms with Crippen LogP contribution in [-0.4, -0.2) is 29.3 Å². The van der Waals surface area contributed by atoms with Gasteiger partial charge >= 0.3 is 0 Å². The topological polar surface area (TPSA) is 56.1 Å². The zero-order valence-electron chi connectivity index (χ0n) is 16.3. The number of carbonyl (C=O) groups is 1. The third kappa shape index (κ3) is 4.57. The molecule has 0 spiro atoms. The third-order valence-corrected chi connectivity index (χ3v) is 4.41. The molecule has 0 saturated carbocycles. The fraction of sp³-hybridized carbons (Fsp3) is 0.273. The molecule has 1 heterocycles. The molecule has 28 heavy (non-hydrogen) atoms. The van der Waals surface area contributed by atoms with Crippen molar-refractivity contribution in [1.29, 1.82) is 0 Å². The van der Waals surface area contributed by atoms with Crippen LogP contribution in [0.1, 0.15) is 30.8 Å². The summed E-state index contributed by atoms with van der Waals surface area (Å²) in [5.74, 6) is 0.692. The number of hydrogen-bond acceptors (Lipinski definition) is 3. The number of benzene rings is 2. The van der Waals surface area contributed by atoms with Crippen LogP contribution in [0.25, 0.3) is 16.9 Å². The average Bonchev–Trinajstić information content (AvgIpc) is 3.14. The van der Waals surface area contributed by atoms with E-state index in [2.05, 4.69) is 24.3 Å². The van der Waals surface area contributed by atoms with E-state index in [1.807, 2.05) is 24.3 Å². The number of halogens is 1. The number of rotatable bonds is 7. The van der Waals surface area contributed by atoms with Crippen molar-refractivity contribution in [3.05, 3.63) is 66.1 Å². The van der Waals surface area contributed by atoms with Crippen molar-refractivity contribution in [3.8, 4) is 22.7 Å². The Hall–Kier alpha value is -3.15. The SMILES string of the molecule is COc1ccc(-c2cc(C(=O)NCCC(C)C)n(-c3ccc(F)cc3)n2)cc1. The number of nitrogens with one attached hydrogen (secondary N) is 1. The summed E-state index contributed by atoms with van der Waals surface area (Å²) in [6.45, 7) is 4.80. The largest absolute Gasteiger partial charge is 0.497 e. The van der Waals surface area contributed by atoms with E-state index in [1.165, 1.54) is 12.1 Å². The molecule has 3 aromatic rings. The molecular formula is C22H24FN3O2. The van der Waals surface area contributed by atoms with E-state index in [4.69, 9.17) is 4.74 Å². The lowest BCUT2D eigenvalue weighted by Gasteiger charge is -2.09. The molecule has 2 aromatic carbocycles. The first-order valence-electron chi connectivity index (χ1n) is 9.26. The fourth-order valence-electron chi connectivity index (χ4n) is 2.79. The minimum atomic E-state index is -0.339. The Bertz CT molecular complexity index is 931. The molecule has 0 saturated heterocycles. The summed E-state index contributed by atoms with van der Waals surface area (Å²) >= 11 is 0. The van der Waals surface area contributed by atoms with Crippen LogP contribution in [0.4, 0.5) is 4.39 Å². The average molecular weight is 381 g/mol. The van der Waals surface area contributed by atoms with Gasteiger partial charge < -0.3 is 10.1 Å². The smallest absolute Gasteiger partial charge is 0.270 e. The number of ether oxygens (including phenoxy) is 1. The zero-order chi connectivity index (χ0) is 20.1. The Morgan fingerprint density at radius 2 is 1.82 bits per heavy atom. The molecule has 1 N–H and O–H groups in total. The second kappa shape index (κ2) is 8.69. The van der Waals surface area contributed by atoms with Gasteiger partial charge in [-0.25, -0.2) is 9.07 Å². The molecule has 0 bridgehead atoms. The predicted molar refractivity (Wildman–Crippen MR) is 107 cm³/mol. The van der Waals surface area contributed by atoms with E-state index in [-0.39, 0.29) is 11.7 Å². The van der Waals surface area contributed by atoms with Crippen molar-refractivity contribution in [1.82, 2.24) is 15.1 Å². The second-order valence-electron chi connectivity index (χ2n) is 6.97. The minimum absolute atomic E-state index is 0.211.